The molecule has 0 atom stereocenters. The van der Waals surface area contributed by atoms with E-state index in [1.165, 1.54) is 11.1 Å². The second kappa shape index (κ2) is 15.9. The number of nitrogens with one attached hydrogen (secondary N) is 1. The number of rotatable bonds is 4. The largest absolute Gasteiger partial charge is 2.00 e. The number of aryl methyl sites for hydroxylation is 4. The van der Waals surface area contributed by atoms with Gasteiger partial charge in [-0.1, -0.05) is 71.5 Å². The molecule has 5 aromatic rings. The van der Waals surface area contributed by atoms with E-state index in [-0.39, 0.29) is 25.2 Å². The van der Waals surface area contributed by atoms with Crippen molar-refractivity contribution in [3.63, 3.8) is 0 Å². The summed E-state index contributed by atoms with van der Waals surface area (Å²) < 4.78 is 3.63. The number of benzene rings is 3. The number of anilines is 1. The molecule has 0 amide bonds. The Morgan fingerprint density at radius 1 is 0.714 bits per heavy atom. The Hall–Kier alpha value is -4.76. The van der Waals surface area contributed by atoms with E-state index in [0.717, 1.165) is 29.2 Å². The Balaban J connectivity index is 0.000000173. The second-order valence-corrected chi connectivity index (χ2v) is 9.25. The number of aromatic nitrogens is 4. The van der Waals surface area contributed by atoms with Gasteiger partial charge in [-0.2, -0.15) is 0 Å². The zero-order chi connectivity index (χ0) is 29.0. The van der Waals surface area contributed by atoms with Crippen LogP contribution in [-0.2, 0) is 33.6 Å². The first-order valence-electron chi connectivity index (χ1n) is 13.0. The maximum atomic E-state index is 11.2. The monoisotopic (exact) mass is 648 g/mol. The molecular formula is C31H32N9ORu+. The Bertz CT molecular complexity index is 1540. The summed E-state index contributed by atoms with van der Waals surface area (Å²) in [7, 11) is 3.77. The van der Waals surface area contributed by atoms with Crippen molar-refractivity contribution in [2.45, 2.75) is 13.8 Å². The summed E-state index contributed by atoms with van der Waals surface area (Å²) in [6.45, 7) is 4.84. The first kappa shape index (κ1) is 31.8. The van der Waals surface area contributed by atoms with Gasteiger partial charge in [0.05, 0.1) is 11.4 Å². The number of nitrogens with zero attached hydrogens (tertiary/aromatic N) is 8. The quantitative estimate of drug-likeness (QED) is 0.161. The molecule has 214 valence electrons. The Kier molecular flexibility index (Phi) is 12.0. The van der Waals surface area contributed by atoms with Crippen molar-refractivity contribution in [2.75, 3.05) is 11.9 Å². The van der Waals surface area contributed by atoms with E-state index in [4.69, 9.17) is 0 Å². The van der Waals surface area contributed by atoms with Gasteiger partial charge in [0, 0.05) is 51.1 Å². The van der Waals surface area contributed by atoms with E-state index in [2.05, 4.69) is 35.7 Å². The van der Waals surface area contributed by atoms with Crippen LogP contribution in [0.1, 0.15) is 16.7 Å². The summed E-state index contributed by atoms with van der Waals surface area (Å²) in [6, 6.07) is 21.0. The Morgan fingerprint density at radius 2 is 1.21 bits per heavy atom. The summed E-state index contributed by atoms with van der Waals surface area (Å²) in [6.07, 6.45) is 11.0. The summed E-state index contributed by atoms with van der Waals surface area (Å²) in [5.74, 6) is 1.29. The van der Waals surface area contributed by atoms with Gasteiger partial charge in [0.15, 0.2) is 0 Å². The smallest absolute Gasteiger partial charge is 0.871 e. The molecule has 0 saturated heterocycles. The number of fused-ring (bicyclic) bond motifs is 1. The molecular weight excluding hydrogens is 615 g/mol. The van der Waals surface area contributed by atoms with E-state index in [9.17, 15) is 5.11 Å². The van der Waals surface area contributed by atoms with Crippen molar-refractivity contribution in [1.82, 2.24) is 19.1 Å². The van der Waals surface area contributed by atoms with Gasteiger partial charge < -0.3 is 19.6 Å². The summed E-state index contributed by atoms with van der Waals surface area (Å²) >= 11 is 0. The fraction of sp³-hybridized carbons (Fsp3) is 0.161. The third-order valence-electron chi connectivity index (χ3n) is 5.92. The number of hydrogen-bond donors (Lipinski definition) is 1. The molecule has 0 aliphatic carbocycles. The van der Waals surface area contributed by atoms with Crippen LogP contribution in [0.4, 0.5) is 29.0 Å². The maximum Gasteiger partial charge on any atom is 2.00 e. The van der Waals surface area contributed by atoms with E-state index in [0.29, 0.717) is 11.9 Å². The molecule has 0 fully saturated rings. The minimum atomic E-state index is 0. The van der Waals surface area contributed by atoms with E-state index >= 15 is 0 Å². The molecule has 42 heavy (non-hydrogen) atoms. The number of imidazole rings is 2. The first-order chi connectivity index (χ1) is 19.9. The normalized spacial score (nSPS) is 11.5. The molecule has 3 heterocycles. The molecule has 0 saturated carbocycles. The van der Waals surface area contributed by atoms with Crippen LogP contribution in [0.3, 0.4) is 0 Å². The summed E-state index contributed by atoms with van der Waals surface area (Å²) in [5.41, 5.74) is 5.82. The zero-order valence-corrected chi connectivity index (χ0v) is 25.6. The Morgan fingerprint density at radius 3 is 1.64 bits per heavy atom. The molecule has 3 aromatic carbocycles. The molecule has 0 bridgehead atoms. The molecule has 6 rings (SSSR count). The number of azo groups is 2. The fourth-order valence-electron chi connectivity index (χ4n) is 3.56. The molecule has 10 nitrogen and oxygen atoms in total. The summed E-state index contributed by atoms with van der Waals surface area (Å²) in [4.78, 5) is 8.10. The number of para-hydroxylation sites is 1. The van der Waals surface area contributed by atoms with Crippen molar-refractivity contribution >= 4 is 35.0 Å². The molecule has 1 aliphatic heterocycles. The van der Waals surface area contributed by atoms with Crippen LogP contribution in [0.25, 0.3) is 6.08 Å². The second-order valence-electron chi connectivity index (χ2n) is 9.25. The third-order valence-corrected chi connectivity index (χ3v) is 5.92. The minimum Gasteiger partial charge on any atom is -0.871 e. The van der Waals surface area contributed by atoms with Crippen LogP contribution in [0.15, 0.2) is 118 Å². The van der Waals surface area contributed by atoms with Gasteiger partial charge >= 0.3 is 19.5 Å². The summed E-state index contributed by atoms with van der Waals surface area (Å²) in [5, 5.41) is 30.5. The topological polar surface area (TPSA) is 120 Å². The van der Waals surface area contributed by atoms with Crippen LogP contribution in [0, 0.1) is 13.8 Å². The maximum absolute atomic E-state index is 11.2. The van der Waals surface area contributed by atoms with Crippen LogP contribution < -0.4 is 10.4 Å². The van der Waals surface area contributed by atoms with Gasteiger partial charge in [-0.3, -0.25) is 0 Å². The predicted molar refractivity (Wildman–Crippen MR) is 161 cm³/mol. The third kappa shape index (κ3) is 9.42. The van der Waals surface area contributed by atoms with Gasteiger partial charge in [0.25, 0.3) is 0 Å². The van der Waals surface area contributed by atoms with Crippen LogP contribution in [-0.4, -0.2) is 25.6 Å². The first-order valence-corrected chi connectivity index (χ1v) is 13.0. The molecule has 0 radical (unpaired) electrons. The SMILES string of the molecule is Cc1ccc(N=Nc2nccn2C)cc1.Cc1ccc(N=Nc2nccn2C)cc1.[O-]c1cccc2c1NCC=C2.[Ru+2]. The van der Waals surface area contributed by atoms with Gasteiger partial charge in [-0.05, 0) is 43.7 Å². The van der Waals surface area contributed by atoms with E-state index < -0.39 is 0 Å². The average molecular weight is 648 g/mol. The van der Waals surface area contributed by atoms with Crippen LogP contribution >= 0.6 is 0 Å². The fourth-order valence-corrected chi connectivity index (χ4v) is 3.56. The van der Waals surface area contributed by atoms with E-state index in [1.807, 2.05) is 116 Å². The van der Waals surface area contributed by atoms with Gasteiger partial charge in [0.2, 0.25) is 11.9 Å². The molecule has 11 heteroatoms. The molecule has 2 aromatic heterocycles. The van der Waals surface area contributed by atoms with Gasteiger partial charge in [0.1, 0.15) is 0 Å². The molecule has 0 unspecified atom stereocenters. The van der Waals surface area contributed by atoms with Crippen molar-refractivity contribution in [2.24, 2.45) is 34.6 Å². The zero-order valence-electron chi connectivity index (χ0n) is 23.9. The average Bonchev–Trinajstić information content (AvgIpc) is 3.60. The predicted octanol–water partition coefficient (Wildman–Crippen LogP) is 7.48. The molecule has 1 aliphatic rings. The van der Waals surface area contributed by atoms with Crippen molar-refractivity contribution < 1.29 is 24.6 Å². The minimum absolute atomic E-state index is 0. The molecule has 1 N–H and O–H groups in total. The van der Waals surface area contributed by atoms with Crippen LogP contribution in [0.2, 0.25) is 0 Å². The van der Waals surface area contributed by atoms with Gasteiger partial charge in [-0.25, -0.2) is 9.97 Å². The van der Waals surface area contributed by atoms with Crippen LogP contribution in [0.5, 0.6) is 5.75 Å². The van der Waals surface area contributed by atoms with Crippen molar-refractivity contribution in [3.05, 3.63) is 114 Å². The van der Waals surface area contributed by atoms with Crippen molar-refractivity contribution in [1.29, 1.82) is 0 Å². The Labute approximate surface area is 258 Å². The van der Waals surface area contributed by atoms with Crippen molar-refractivity contribution in [3.8, 4) is 5.75 Å². The van der Waals surface area contributed by atoms with Gasteiger partial charge in [-0.15, -0.1) is 20.5 Å². The van der Waals surface area contributed by atoms with E-state index in [1.54, 1.807) is 24.5 Å². The standard InChI is InChI=1S/2C11H12N4.C9H9NO.Ru/c2*1-9-3-5-10(6-4-9)13-14-11-12-7-8-15(11)2;11-8-5-1-3-7-4-2-6-10-9(7)8;/h2*3-8H,1-2H3;1-5,10-11H,6H2;/q;;;+2/p-1. The molecule has 0 spiro atoms. The number of hydrogen-bond acceptors (Lipinski definition) is 8.